The van der Waals surface area contributed by atoms with Crippen molar-refractivity contribution >= 4 is 17.5 Å². The van der Waals surface area contributed by atoms with Crippen molar-refractivity contribution in [1.82, 2.24) is 24.1 Å². The lowest BCUT2D eigenvalue weighted by atomic mass is 10.1. The number of benzene rings is 1. The minimum Gasteiger partial charge on any atom is -0.340 e. The molecule has 3 aromatic rings. The number of imidazole rings is 1. The number of likely N-dealkylation sites (tertiary alicyclic amines) is 1. The van der Waals surface area contributed by atoms with Gasteiger partial charge in [-0.15, -0.1) is 0 Å². The Hall–Kier alpha value is -3.19. The number of carbonyl (C=O) groups is 2. The Balaban J connectivity index is 1.16. The van der Waals surface area contributed by atoms with Crippen LogP contribution in [0.4, 0.5) is 0 Å². The molecule has 172 valence electrons. The predicted molar refractivity (Wildman–Crippen MR) is 126 cm³/mol. The third kappa shape index (κ3) is 4.50. The fourth-order valence-corrected chi connectivity index (χ4v) is 5.00. The van der Waals surface area contributed by atoms with E-state index >= 15 is 0 Å². The zero-order valence-corrected chi connectivity index (χ0v) is 19.4. The number of hydrogen-bond donors (Lipinski definition) is 0. The maximum absolute atomic E-state index is 13.1. The first-order valence-corrected chi connectivity index (χ1v) is 11.7. The summed E-state index contributed by atoms with van der Waals surface area (Å²) in [5, 5.41) is 0. The van der Waals surface area contributed by atoms with Crippen LogP contribution in [0, 0.1) is 19.8 Å². The Morgan fingerprint density at radius 2 is 1.79 bits per heavy atom. The molecule has 0 saturated carbocycles. The van der Waals surface area contributed by atoms with Gasteiger partial charge < -0.3 is 14.2 Å². The Kier molecular flexibility index (Phi) is 5.89. The summed E-state index contributed by atoms with van der Waals surface area (Å²) < 4.78 is 2.17. The molecule has 4 heterocycles. The quantitative estimate of drug-likeness (QED) is 0.606. The largest absolute Gasteiger partial charge is 0.340 e. The van der Waals surface area contributed by atoms with E-state index in [9.17, 15) is 9.59 Å². The molecule has 2 saturated heterocycles. The van der Waals surface area contributed by atoms with Crippen LogP contribution in [0.5, 0.6) is 0 Å². The van der Waals surface area contributed by atoms with Gasteiger partial charge in [-0.25, -0.2) is 4.98 Å². The molecule has 2 amide bonds. The maximum atomic E-state index is 13.1. The van der Waals surface area contributed by atoms with Gasteiger partial charge in [0.05, 0.1) is 17.3 Å². The van der Waals surface area contributed by atoms with E-state index in [4.69, 9.17) is 4.98 Å². The van der Waals surface area contributed by atoms with Gasteiger partial charge in [0.1, 0.15) is 5.65 Å². The van der Waals surface area contributed by atoms with Crippen molar-refractivity contribution in [2.45, 2.75) is 33.4 Å². The topological polar surface area (TPSA) is 61.2 Å². The minimum atomic E-state index is -0.225. The number of rotatable bonds is 5. The van der Waals surface area contributed by atoms with E-state index in [-0.39, 0.29) is 17.7 Å². The molecule has 5 rings (SSSR count). The zero-order chi connectivity index (χ0) is 22.9. The van der Waals surface area contributed by atoms with Crippen molar-refractivity contribution in [1.29, 1.82) is 0 Å². The molecule has 1 aromatic carbocycles. The SMILES string of the molecule is Cc1ccn2c(CN3CCN(C(=O)C4CC(=O)N(Cc5ccccc5)C4)CC3)c(C)nc2c1. The van der Waals surface area contributed by atoms with Crippen LogP contribution in [0.25, 0.3) is 5.65 Å². The highest BCUT2D eigenvalue weighted by Gasteiger charge is 2.37. The number of amides is 2. The fraction of sp³-hybridized carbons (Fsp3) is 0.423. The van der Waals surface area contributed by atoms with Crippen LogP contribution in [-0.4, -0.2) is 68.6 Å². The van der Waals surface area contributed by atoms with Crippen molar-refractivity contribution < 1.29 is 9.59 Å². The second-order valence-electron chi connectivity index (χ2n) is 9.34. The molecule has 2 fully saturated rings. The van der Waals surface area contributed by atoms with Gasteiger partial charge in [0.2, 0.25) is 11.8 Å². The normalized spacial score (nSPS) is 19.6. The van der Waals surface area contributed by atoms with Crippen molar-refractivity contribution in [2.75, 3.05) is 32.7 Å². The lowest BCUT2D eigenvalue weighted by molar-refractivity contribution is -0.137. The number of fused-ring (bicyclic) bond motifs is 1. The zero-order valence-electron chi connectivity index (χ0n) is 19.4. The first kappa shape index (κ1) is 21.6. The van der Waals surface area contributed by atoms with Gasteiger partial charge in [-0.1, -0.05) is 30.3 Å². The van der Waals surface area contributed by atoms with Crippen LogP contribution in [0.15, 0.2) is 48.7 Å². The summed E-state index contributed by atoms with van der Waals surface area (Å²) in [6.07, 6.45) is 2.42. The minimum absolute atomic E-state index is 0.0779. The number of piperazine rings is 1. The van der Waals surface area contributed by atoms with Crippen molar-refractivity contribution in [2.24, 2.45) is 5.92 Å². The van der Waals surface area contributed by atoms with E-state index in [0.29, 0.717) is 32.6 Å². The highest BCUT2D eigenvalue weighted by Crippen LogP contribution is 2.23. The fourth-order valence-electron chi connectivity index (χ4n) is 5.00. The first-order valence-electron chi connectivity index (χ1n) is 11.7. The van der Waals surface area contributed by atoms with E-state index in [1.807, 2.05) is 40.1 Å². The van der Waals surface area contributed by atoms with Gasteiger partial charge in [0.25, 0.3) is 0 Å². The molecule has 2 aromatic heterocycles. The van der Waals surface area contributed by atoms with Crippen molar-refractivity contribution in [3.05, 3.63) is 71.2 Å². The smallest absolute Gasteiger partial charge is 0.228 e. The van der Waals surface area contributed by atoms with Gasteiger partial charge in [-0.05, 0) is 37.1 Å². The third-order valence-corrected chi connectivity index (χ3v) is 6.92. The Labute approximate surface area is 194 Å². The lowest BCUT2D eigenvalue weighted by Crippen LogP contribution is -2.50. The van der Waals surface area contributed by atoms with Crippen molar-refractivity contribution in [3.63, 3.8) is 0 Å². The van der Waals surface area contributed by atoms with Gasteiger partial charge in [0, 0.05) is 58.4 Å². The summed E-state index contributed by atoms with van der Waals surface area (Å²) in [6, 6.07) is 14.2. The Bertz CT molecular complexity index is 1160. The van der Waals surface area contributed by atoms with Gasteiger partial charge in [-0.3, -0.25) is 14.5 Å². The second kappa shape index (κ2) is 8.98. The van der Waals surface area contributed by atoms with E-state index < -0.39 is 0 Å². The van der Waals surface area contributed by atoms with Crippen LogP contribution < -0.4 is 0 Å². The molecule has 2 aliphatic heterocycles. The highest BCUT2D eigenvalue weighted by atomic mass is 16.2. The molecule has 0 radical (unpaired) electrons. The summed E-state index contributed by atoms with van der Waals surface area (Å²) in [5.41, 5.74) is 5.57. The number of pyridine rings is 1. The maximum Gasteiger partial charge on any atom is 0.228 e. The molecular formula is C26H31N5O2. The summed E-state index contributed by atoms with van der Waals surface area (Å²) >= 11 is 0. The number of hydrogen-bond acceptors (Lipinski definition) is 4. The molecule has 0 aliphatic carbocycles. The van der Waals surface area contributed by atoms with Crippen molar-refractivity contribution in [3.8, 4) is 0 Å². The molecule has 33 heavy (non-hydrogen) atoms. The van der Waals surface area contributed by atoms with Crippen LogP contribution >= 0.6 is 0 Å². The first-order chi connectivity index (χ1) is 16.0. The molecule has 0 N–H and O–H groups in total. The second-order valence-corrected chi connectivity index (χ2v) is 9.34. The van der Waals surface area contributed by atoms with E-state index in [2.05, 4.69) is 41.5 Å². The Morgan fingerprint density at radius 1 is 1.03 bits per heavy atom. The molecular weight excluding hydrogens is 414 g/mol. The molecule has 7 nitrogen and oxygen atoms in total. The van der Waals surface area contributed by atoms with Crippen LogP contribution in [0.2, 0.25) is 0 Å². The molecule has 0 spiro atoms. The summed E-state index contributed by atoms with van der Waals surface area (Å²) in [6.45, 7) is 9.15. The standard InChI is InChI=1S/C26H31N5O2/c1-19-8-9-31-23(20(2)27-24(31)14-19)18-28-10-12-29(13-11-28)26(33)22-15-25(32)30(17-22)16-21-6-4-3-5-7-21/h3-9,14,22H,10-13,15-18H2,1-2H3. The molecule has 1 atom stereocenters. The number of carbonyl (C=O) groups excluding carboxylic acids is 2. The monoisotopic (exact) mass is 445 g/mol. The predicted octanol–water partition coefficient (Wildman–Crippen LogP) is 2.64. The van der Waals surface area contributed by atoms with Gasteiger partial charge in [-0.2, -0.15) is 0 Å². The number of nitrogens with zero attached hydrogens (tertiary/aromatic N) is 5. The number of aryl methyl sites for hydroxylation is 2. The van der Waals surface area contributed by atoms with Crippen LogP contribution in [0.3, 0.4) is 0 Å². The van der Waals surface area contributed by atoms with E-state index in [1.54, 1.807) is 0 Å². The average molecular weight is 446 g/mol. The summed E-state index contributed by atoms with van der Waals surface area (Å²) in [4.78, 5) is 36.5. The lowest BCUT2D eigenvalue weighted by Gasteiger charge is -2.35. The molecule has 0 bridgehead atoms. The molecule has 2 aliphatic rings. The summed E-state index contributed by atoms with van der Waals surface area (Å²) in [5.74, 6) is -0.0220. The number of aromatic nitrogens is 2. The summed E-state index contributed by atoms with van der Waals surface area (Å²) in [7, 11) is 0. The van der Waals surface area contributed by atoms with E-state index in [1.165, 1.54) is 11.3 Å². The van der Waals surface area contributed by atoms with Crippen LogP contribution in [-0.2, 0) is 22.7 Å². The van der Waals surface area contributed by atoms with E-state index in [0.717, 1.165) is 36.5 Å². The molecule has 7 heteroatoms. The Morgan fingerprint density at radius 3 is 2.55 bits per heavy atom. The molecule has 1 unspecified atom stereocenters. The highest BCUT2D eigenvalue weighted by molar-refractivity contribution is 5.89. The van der Waals surface area contributed by atoms with Gasteiger partial charge in [0.15, 0.2) is 0 Å². The average Bonchev–Trinajstić information content (AvgIpc) is 3.33. The van der Waals surface area contributed by atoms with Crippen LogP contribution in [0.1, 0.15) is 28.9 Å². The van der Waals surface area contributed by atoms with Gasteiger partial charge >= 0.3 is 0 Å². The third-order valence-electron chi connectivity index (χ3n) is 6.92.